The zero-order valence-corrected chi connectivity index (χ0v) is 6.58. The predicted molar refractivity (Wildman–Crippen MR) is 37.6 cm³/mol. The largest absolute Gasteiger partial charge is 0.480 e. The zero-order valence-electron chi connectivity index (χ0n) is 5.06. The second kappa shape index (κ2) is 6.20. The highest BCUT2D eigenvalue weighted by molar-refractivity contribution is 6.35. The van der Waals surface area contributed by atoms with Crippen LogP contribution in [0, 0.1) is 0 Å². The van der Waals surface area contributed by atoms with E-state index >= 15 is 0 Å². The summed E-state index contributed by atoms with van der Waals surface area (Å²) < 4.78 is 9.48. The van der Waals surface area contributed by atoms with E-state index in [1.54, 1.807) is 7.11 Å². The van der Waals surface area contributed by atoms with Crippen molar-refractivity contribution in [3.8, 4) is 0 Å². The van der Waals surface area contributed by atoms with Crippen LogP contribution in [0.1, 0.15) is 0 Å². The van der Waals surface area contributed by atoms with Gasteiger partial charge in [-0.05, 0) is 11.6 Å². The van der Waals surface area contributed by atoms with E-state index in [0.717, 1.165) is 5.54 Å². The maximum atomic E-state index is 5.35. The summed E-state index contributed by atoms with van der Waals surface area (Å²) in [5, 5.41) is 0.189. The van der Waals surface area contributed by atoms with Crippen molar-refractivity contribution in [2.45, 2.75) is 0 Å². The van der Waals surface area contributed by atoms with Gasteiger partial charge in [0.05, 0.1) is 12.1 Å². The molecule has 0 spiro atoms. The van der Waals surface area contributed by atoms with Crippen molar-refractivity contribution in [3.63, 3.8) is 0 Å². The van der Waals surface area contributed by atoms with Crippen molar-refractivity contribution >= 4 is 23.2 Å². The normalized spacial score (nSPS) is 11.7. The second-order valence-electron chi connectivity index (χ2n) is 1.25. The molecule has 0 atom stereocenters. The Bertz CT molecular complexity index is 93.0. The molecule has 0 rings (SSSR count). The molecule has 54 valence electrons. The van der Waals surface area contributed by atoms with Gasteiger partial charge >= 0.3 is 0 Å². The van der Waals surface area contributed by atoms with Gasteiger partial charge in [-0.3, -0.25) is 0 Å². The molecule has 0 aromatic carbocycles. The summed E-state index contributed by atoms with van der Waals surface area (Å²) in [6, 6.07) is 0. The number of hydrogen-bond acceptors (Lipinski definition) is 2. The average Bonchev–Trinajstić information content (AvgIpc) is 1.89. The molecule has 9 heavy (non-hydrogen) atoms. The van der Waals surface area contributed by atoms with Gasteiger partial charge in [-0.2, -0.15) is 0 Å². The first-order valence-corrected chi connectivity index (χ1v) is 3.20. The first-order valence-electron chi connectivity index (χ1n) is 2.39. The fraction of sp³-hybridized carbons (Fsp3) is 0.600. The summed E-state index contributed by atoms with van der Waals surface area (Å²) in [6.45, 7) is 0.944. The van der Waals surface area contributed by atoms with Crippen LogP contribution < -0.4 is 0 Å². The summed E-state index contributed by atoms with van der Waals surface area (Å²) in [6.07, 6.45) is 0. The number of methoxy groups -OCH3 is 1. The minimum atomic E-state index is 0.189. The third-order valence-electron chi connectivity index (χ3n) is 0.613. The lowest BCUT2D eigenvalue weighted by atomic mass is 10.8. The second-order valence-corrected chi connectivity index (χ2v) is 1.85. The predicted octanol–water partition coefficient (Wildman–Crippen LogP) is 1.93. The molecule has 0 unspecified atom stereocenters. The Labute approximate surface area is 64.3 Å². The van der Waals surface area contributed by atoms with E-state index in [2.05, 4.69) is 4.74 Å². The minimum Gasteiger partial charge on any atom is -0.480 e. The molecule has 4 heteroatoms. The number of rotatable bonds is 4. The molecule has 0 saturated carbocycles. The van der Waals surface area contributed by atoms with Gasteiger partial charge in [0.15, 0.2) is 5.22 Å². The van der Waals surface area contributed by atoms with Gasteiger partial charge in [0.1, 0.15) is 6.61 Å². The van der Waals surface area contributed by atoms with Crippen LogP contribution in [0.3, 0.4) is 0 Å². The Morgan fingerprint density at radius 3 is 2.67 bits per heavy atom. The maximum absolute atomic E-state index is 5.35. The van der Waals surface area contributed by atoms with E-state index in [1.165, 1.54) is 0 Å². The maximum Gasteiger partial charge on any atom is 0.198 e. The van der Waals surface area contributed by atoms with Crippen LogP contribution in [0.5, 0.6) is 0 Å². The van der Waals surface area contributed by atoms with Crippen molar-refractivity contribution in [2.24, 2.45) is 0 Å². The van der Waals surface area contributed by atoms with Crippen molar-refractivity contribution in [1.82, 2.24) is 0 Å². The van der Waals surface area contributed by atoms with Gasteiger partial charge in [-0.15, -0.1) is 0 Å². The molecule has 0 aromatic heterocycles. The Balaban J connectivity index is 3.07. The van der Waals surface area contributed by atoms with Crippen LogP contribution in [0.2, 0.25) is 0 Å². The molecule has 0 radical (unpaired) electrons. The summed E-state index contributed by atoms with van der Waals surface area (Å²) >= 11 is 10.5. The zero-order chi connectivity index (χ0) is 7.11. The lowest BCUT2D eigenvalue weighted by molar-refractivity contribution is 0.119. The number of ether oxygens (including phenoxy) is 2. The minimum absolute atomic E-state index is 0.189. The molecule has 0 aliphatic rings. The van der Waals surface area contributed by atoms with Gasteiger partial charge < -0.3 is 9.47 Å². The molecule has 0 saturated heterocycles. The van der Waals surface area contributed by atoms with Crippen LogP contribution in [0.25, 0.3) is 0 Å². The van der Waals surface area contributed by atoms with Crippen molar-refractivity contribution in [2.75, 3.05) is 20.3 Å². The van der Waals surface area contributed by atoms with Crippen molar-refractivity contribution < 1.29 is 9.47 Å². The molecule has 0 bridgehead atoms. The van der Waals surface area contributed by atoms with Gasteiger partial charge in [0.25, 0.3) is 0 Å². The van der Waals surface area contributed by atoms with Crippen LogP contribution in [-0.4, -0.2) is 20.3 Å². The van der Waals surface area contributed by atoms with Gasteiger partial charge in [0, 0.05) is 7.11 Å². The van der Waals surface area contributed by atoms with Crippen LogP contribution >= 0.6 is 23.2 Å². The van der Waals surface area contributed by atoms with Gasteiger partial charge in [-0.25, -0.2) is 0 Å². The van der Waals surface area contributed by atoms with E-state index in [0.29, 0.717) is 13.2 Å². The molecule has 0 amide bonds. The topological polar surface area (TPSA) is 18.5 Å². The third-order valence-corrected chi connectivity index (χ3v) is 1.14. The van der Waals surface area contributed by atoms with E-state index in [4.69, 9.17) is 27.9 Å². The lowest BCUT2D eigenvalue weighted by Crippen LogP contribution is -1.98. The number of hydrogen-bond donors (Lipinski definition) is 0. The molecule has 0 aliphatic heterocycles. The Hall–Kier alpha value is 0.0800. The molecule has 0 N–H and O–H groups in total. The first-order chi connectivity index (χ1) is 4.31. The van der Waals surface area contributed by atoms with E-state index in [-0.39, 0.29) is 5.22 Å². The SMILES string of the molecule is COCCO/C(Cl)=C/Cl. The molecular formula is C5H8Cl2O2. The summed E-state index contributed by atoms with van der Waals surface area (Å²) in [4.78, 5) is 0. The highest BCUT2D eigenvalue weighted by Crippen LogP contribution is 2.03. The Morgan fingerprint density at radius 2 is 2.22 bits per heavy atom. The molecular weight excluding hydrogens is 163 g/mol. The Morgan fingerprint density at radius 1 is 1.56 bits per heavy atom. The first kappa shape index (κ1) is 9.08. The number of halogens is 2. The van der Waals surface area contributed by atoms with Gasteiger partial charge in [0.2, 0.25) is 0 Å². The summed E-state index contributed by atoms with van der Waals surface area (Å²) in [5.74, 6) is 0. The summed E-state index contributed by atoms with van der Waals surface area (Å²) in [5.41, 5.74) is 1.16. The van der Waals surface area contributed by atoms with E-state index in [9.17, 15) is 0 Å². The third kappa shape index (κ3) is 5.96. The van der Waals surface area contributed by atoms with Crippen LogP contribution in [0.15, 0.2) is 10.8 Å². The summed E-state index contributed by atoms with van der Waals surface area (Å²) in [7, 11) is 1.58. The Kier molecular flexibility index (Phi) is 6.26. The standard InChI is InChI=1S/C5H8Cl2O2/c1-8-2-3-9-5(7)4-6/h4H,2-3H2,1H3/b5-4+. The molecule has 0 heterocycles. The van der Waals surface area contributed by atoms with E-state index in [1.807, 2.05) is 0 Å². The van der Waals surface area contributed by atoms with Crippen LogP contribution in [0.4, 0.5) is 0 Å². The molecule has 0 fully saturated rings. The van der Waals surface area contributed by atoms with Gasteiger partial charge in [-0.1, -0.05) is 11.6 Å². The highest BCUT2D eigenvalue weighted by Gasteiger charge is 1.88. The molecule has 0 aromatic rings. The lowest BCUT2D eigenvalue weighted by Gasteiger charge is -2.00. The van der Waals surface area contributed by atoms with E-state index < -0.39 is 0 Å². The highest BCUT2D eigenvalue weighted by atomic mass is 35.5. The monoisotopic (exact) mass is 170 g/mol. The molecule has 0 aliphatic carbocycles. The van der Waals surface area contributed by atoms with Crippen molar-refractivity contribution in [1.29, 1.82) is 0 Å². The van der Waals surface area contributed by atoms with Crippen LogP contribution in [-0.2, 0) is 9.47 Å². The smallest absolute Gasteiger partial charge is 0.198 e. The average molecular weight is 171 g/mol. The fourth-order valence-corrected chi connectivity index (χ4v) is 0.394. The fourth-order valence-electron chi connectivity index (χ4n) is 0.254. The quantitative estimate of drug-likeness (QED) is 0.475. The van der Waals surface area contributed by atoms with Crippen molar-refractivity contribution in [3.05, 3.63) is 10.8 Å². The molecule has 2 nitrogen and oxygen atoms in total.